The Morgan fingerprint density at radius 2 is 1.97 bits per heavy atom. The van der Waals surface area contributed by atoms with E-state index in [9.17, 15) is 9.59 Å². The van der Waals surface area contributed by atoms with Gasteiger partial charge in [0.2, 0.25) is 5.91 Å². The Morgan fingerprint density at radius 1 is 1.18 bits per heavy atom. The highest BCUT2D eigenvalue weighted by Crippen LogP contribution is 2.28. The second-order valence-electron chi connectivity index (χ2n) is 7.67. The Morgan fingerprint density at radius 3 is 2.67 bits per heavy atom. The Bertz CT molecular complexity index is 1080. The first-order valence-corrected chi connectivity index (χ1v) is 12.0. The van der Waals surface area contributed by atoms with E-state index in [0.29, 0.717) is 24.4 Å². The third-order valence-electron chi connectivity index (χ3n) is 5.31. The first-order valence-electron chi connectivity index (χ1n) is 11.1. The minimum atomic E-state index is -0.377. The van der Waals surface area contributed by atoms with E-state index in [1.54, 1.807) is 31.2 Å². The molecule has 0 bridgehead atoms. The Hall–Kier alpha value is -3.10. The molecule has 4 rings (SSSR count). The van der Waals surface area contributed by atoms with Gasteiger partial charge in [-0.2, -0.15) is 0 Å². The Balaban J connectivity index is 1.41. The third kappa shape index (κ3) is 6.03. The van der Waals surface area contributed by atoms with Crippen molar-refractivity contribution in [3.8, 4) is 11.3 Å². The fourth-order valence-electron chi connectivity index (χ4n) is 3.71. The molecule has 172 valence electrons. The quantitative estimate of drug-likeness (QED) is 0.366. The molecule has 1 aromatic heterocycles. The molecule has 1 N–H and O–H groups in total. The van der Waals surface area contributed by atoms with Gasteiger partial charge in [-0.05, 0) is 49.6 Å². The van der Waals surface area contributed by atoms with Crippen LogP contribution in [0.3, 0.4) is 0 Å². The molecule has 2 aromatic carbocycles. The lowest BCUT2D eigenvalue weighted by Crippen LogP contribution is -2.18. The maximum absolute atomic E-state index is 12.6. The van der Waals surface area contributed by atoms with Crippen LogP contribution in [0.4, 0.5) is 5.69 Å². The molecular formula is C25H27N3O4S. The monoisotopic (exact) mass is 465 g/mol. The normalized spacial score (nSPS) is 15.4. The van der Waals surface area contributed by atoms with E-state index in [4.69, 9.17) is 9.47 Å². The number of nitrogens with one attached hydrogen (secondary N) is 1. The lowest BCUT2D eigenvalue weighted by molar-refractivity contribution is -0.113. The number of amides is 1. The van der Waals surface area contributed by atoms with Gasteiger partial charge < -0.3 is 19.4 Å². The molecule has 0 spiro atoms. The fraction of sp³-hybridized carbons (Fsp3) is 0.320. The number of carbonyl (C=O) groups excluding carboxylic acids is 2. The number of thioether (sulfide) groups is 1. The zero-order chi connectivity index (χ0) is 23.0. The summed E-state index contributed by atoms with van der Waals surface area (Å²) in [5, 5.41) is 3.66. The van der Waals surface area contributed by atoms with Crippen LogP contribution in [0.1, 0.15) is 30.1 Å². The van der Waals surface area contributed by atoms with E-state index in [0.717, 1.165) is 35.9 Å². The second kappa shape index (κ2) is 11.2. The smallest absolute Gasteiger partial charge is 0.338 e. The van der Waals surface area contributed by atoms with Crippen LogP contribution in [0.2, 0.25) is 0 Å². The largest absolute Gasteiger partial charge is 0.462 e. The molecule has 1 aliphatic rings. The third-order valence-corrected chi connectivity index (χ3v) is 6.30. The summed E-state index contributed by atoms with van der Waals surface area (Å²) in [6.45, 7) is 3.59. The number of rotatable bonds is 9. The molecule has 1 fully saturated rings. The van der Waals surface area contributed by atoms with E-state index >= 15 is 0 Å². The van der Waals surface area contributed by atoms with E-state index in [2.05, 4.69) is 27.0 Å². The standard InChI is InChI=1S/C25H27N3O4S/c1-2-31-24(30)19-10-12-20(13-11-19)27-23(29)17-33-25-26-15-22(18-7-4-3-5-8-18)28(25)16-21-9-6-14-32-21/h3-5,7-8,10-13,15,21H,2,6,9,14,16-17H2,1H3,(H,27,29). The summed E-state index contributed by atoms with van der Waals surface area (Å²) < 4.78 is 13.0. The van der Waals surface area contributed by atoms with Crippen molar-refractivity contribution < 1.29 is 19.1 Å². The van der Waals surface area contributed by atoms with Gasteiger partial charge in [0.25, 0.3) is 0 Å². The van der Waals surface area contributed by atoms with Crippen LogP contribution in [0.5, 0.6) is 0 Å². The minimum Gasteiger partial charge on any atom is -0.462 e. The number of esters is 1. The summed E-state index contributed by atoms with van der Waals surface area (Å²) in [5.74, 6) is -0.300. The van der Waals surface area contributed by atoms with E-state index in [1.165, 1.54) is 11.8 Å². The first kappa shape index (κ1) is 23.1. The van der Waals surface area contributed by atoms with Gasteiger partial charge in [-0.25, -0.2) is 9.78 Å². The molecular weight excluding hydrogens is 438 g/mol. The van der Waals surface area contributed by atoms with Crippen molar-refractivity contribution in [2.75, 3.05) is 24.3 Å². The second-order valence-corrected chi connectivity index (χ2v) is 8.61. The lowest BCUT2D eigenvalue weighted by Gasteiger charge is -2.16. The maximum atomic E-state index is 12.6. The summed E-state index contributed by atoms with van der Waals surface area (Å²) in [6, 6.07) is 16.8. The average Bonchev–Trinajstić information content (AvgIpc) is 3.49. The van der Waals surface area contributed by atoms with Crippen LogP contribution in [-0.2, 0) is 20.8 Å². The number of imidazole rings is 1. The molecule has 0 saturated carbocycles. The molecule has 0 aliphatic carbocycles. The summed E-state index contributed by atoms with van der Waals surface area (Å²) >= 11 is 1.40. The van der Waals surface area contributed by atoms with Crippen LogP contribution in [0.25, 0.3) is 11.3 Å². The number of hydrogen-bond donors (Lipinski definition) is 1. The van der Waals surface area contributed by atoms with Crippen molar-refractivity contribution in [2.24, 2.45) is 0 Å². The number of aromatic nitrogens is 2. The van der Waals surface area contributed by atoms with Crippen LogP contribution in [0, 0.1) is 0 Å². The van der Waals surface area contributed by atoms with Gasteiger partial charge in [0, 0.05) is 12.3 Å². The fourth-order valence-corrected chi connectivity index (χ4v) is 4.50. The van der Waals surface area contributed by atoms with Crippen molar-refractivity contribution in [1.82, 2.24) is 9.55 Å². The SMILES string of the molecule is CCOC(=O)c1ccc(NC(=O)CSc2ncc(-c3ccccc3)n2CC2CCCO2)cc1. The van der Waals surface area contributed by atoms with Gasteiger partial charge in [0.05, 0.1) is 42.5 Å². The van der Waals surface area contributed by atoms with Gasteiger partial charge in [0.1, 0.15) is 0 Å². The highest BCUT2D eigenvalue weighted by atomic mass is 32.2. The topological polar surface area (TPSA) is 82.5 Å². The number of carbonyl (C=O) groups is 2. The Kier molecular flexibility index (Phi) is 7.80. The van der Waals surface area contributed by atoms with Crippen molar-refractivity contribution in [3.05, 3.63) is 66.4 Å². The summed E-state index contributed by atoms with van der Waals surface area (Å²) in [5.41, 5.74) is 3.18. The van der Waals surface area contributed by atoms with Crippen molar-refractivity contribution >= 4 is 29.3 Å². The van der Waals surface area contributed by atoms with Gasteiger partial charge in [-0.15, -0.1) is 0 Å². The van der Waals surface area contributed by atoms with Crippen molar-refractivity contribution in [2.45, 2.75) is 37.6 Å². The maximum Gasteiger partial charge on any atom is 0.338 e. The summed E-state index contributed by atoms with van der Waals surface area (Å²) in [7, 11) is 0. The van der Waals surface area contributed by atoms with E-state index in [-0.39, 0.29) is 23.7 Å². The lowest BCUT2D eigenvalue weighted by atomic mass is 10.1. The van der Waals surface area contributed by atoms with Crippen LogP contribution in [0.15, 0.2) is 66.0 Å². The number of ether oxygens (including phenoxy) is 2. The van der Waals surface area contributed by atoms with Crippen molar-refractivity contribution in [1.29, 1.82) is 0 Å². The number of benzene rings is 2. The molecule has 33 heavy (non-hydrogen) atoms. The predicted molar refractivity (Wildman–Crippen MR) is 128 cm³/mol. The van der Waals surface area contributed by atoms with Crippen LogP contribution in [-0.4, -0.2) is 46.5 Å². The molecule has 8 heteroatoms. The van der Waals surface area contributed by atoms with E-state index in [1.807, 2.05) is 24.4 Å². The predicted octanol–water partition coefficient (Wildman–Crippen LogP) is 4.64. The highest BCUT2D eigenvalue weighted by molar-refractivity contribution is 7.99. The van der Waals surface area contributed by atoms with Gasteiger partial charge in [0.15, 0.2) is 5.16 Å². The van der Waals surface area contributed by atoms with Crippen molar-refractivity contribution in [3.63, 3.8) is 0 Å². The molecule has 3 aromatic rings. The molecule has 1 saturated heterocycles. The summed E-state index contributed by atoms with van der Waals surface area (Å²) in [4.78, 5) is 28.9. The van der Waals surface area contributed by atoms with E-state index < -0.39 is 0 Å². The molecule has 2 heterocycles. The van der Waals surface area contributed by atoms with Crippen LogP contribution < -0.4 is 5.32 Å². The van der Waals surface area contributed by atoms with Gasteiger partial charge in [-0.1, -0.05) is 42.1 Å². The molecule has 1 atom stereocenters. The number of nitrogens with zero attached hydrogens (tertiary/aromatic N) is 2. The zero-order valence-electron chi connectivity index (χ0n) is 18.5. The average molecular weight is 466 g/mol. The van der Waals surface area contributed by atoms with Gasteiger partial charge >= 0.3 is 5.97 Å². The number of anilines is 1. The van der Waals surface area contributed by atoms with Gasteiger partial charge in [-0.3, -0.25) is 4.79 Å². The van der Waals surface area contributed by atoms with Crippen LogP contribution >= 0.6 is 11.8 Å². The molecule has 0 radical (unpaired) electrons. The first-order chi connectivity index (χ1) is 16.1. The Labute approximate surface area is 197 Å². The molecule has 1 amide bonds. The highest BCUT2D eigenvalue weighted by Gasteiger charge is 2.21. The molecule has 1 aliphatic heterocycles. The number of hydrogen-bond acceptors (Lipinski definition) is 6. The minimum absolute atomic E-state index is 0.142. The molecule has 7 nitrogen and oxygen atoms in total. The zero-order valence-corrected chi connectivity index (χ0v) is 19.3. The summed E-state index contributed by atoms with van der Waals surface area (Å²) in [6.07, 6.45) is 4.12. The molecule has 1 unspecified atom stereocenters.